The second-order valence-electron chi connectivity index (χ2n) is 5.38. The fourth-order valence-electron chi connectivity index (χ4n) is 2.61. The third kappa shape index (κ3) is 3.59. The van der Waals surface area contributed by atoms with Gasteiger partial charge in [-0.1, -0.05) is 25.1 Å². The van der Waals surface area contributed by atoms with E-state index in [-0.39, 0.29) is 23.8 Å². The van der Waals surface area contributed by atoms with Crippen LogP contribution >= 0.6 is 11.8 Å². The standard InChI is InChI=1S/C16H21NO3S/c1-11(16(19)20-3)9-21-10-15(18)17-12(2)8-13-6-4-5-7-14(13)17/h4-7,11-12H,8-10H2,1-3H3. The van der Waals surface area contributed by atoms with E-state index in [1.54, 1.807) is 0 Å². The summed E-state index contributed by atoms with van der Waals surface area (Å²) in [5, 5.41) is 0. The first-order chi connectivity index (χ1) is 10.0. The molecule has 0 spiro atoms. The number of carbonyl (C=O) groups is 2. The van der Waals surface area contributed by atoms with Crippen LogP contribution in [0, 0.1) is 5.92 Å². The number of para-hydroxylation sites is 1. The Balaban J connectivity index is 1.91. The van der Waals surface area contributed by atoms with Gasteiger partial charge in [0.25, 0.3) is 0 Å². The predicted octanol–water partition coefficient (Wildman–Crippen LogP) is 2.51. The maximum Gasteiger partial charge on any atom is 0.309 e. The quantitative estimate of drug-likeness (QED) is 0.784. The second kappa shape index (κ2) is 6.98. The van der Waals surface area contributed by atoms with Gasteiger partial charge in [0.05, 0.1) is 18.8 Å². The molecule has 1 aromatic carbocycles. The first kappa shape index (κ1) is 15.9. The number of rotatable bonds is 5. The molecule has 0 bridgehead atoms. The number of fused-ring (bicyclic) bond motifs is 1. The largest absolute Gasteiger partial charge is 0.469 e. The van der Waals surface area contributed by atoms with E-state index in [2.05, 4.69) is 17.7 Å². The van der Waals surface area contributed by atoms with Crippen molar-refractivity contribution in [3.63, 3.8) is 0 Å². The summed E-state index contributed by atoms with van der Waals surface area (Å²) in [6, 6.07) is 8.24. The molecular formula is C16H21NO3S. The summed E-state index contributed by atoms with van der Waals surface area (Å²) in [5.41, 5.74) is 2.25. The molecule has 0 aliphatic carbocycles. The molecule has 21 heavy (non-hydrogen) atoms. The minimum absolute atomic E-state index is 0.106. The Morgan fingerprint density at radius 3 is 2.86 bits per heavy atom. The average molecular weight is 307 g/mol. The highest BCUT2D eigenvalue weighted by Crippen LogP contribution is 2.32. The van der Waals surface area contributed by atoms with Crippen molar-refractivity contribution in [2.75, 3.05) is 23.5 Å². The van der Waals surface area contributed by atoms with Crippen molar-refractivity contribution in [2.24, 2.45) is 5.92 Å². The molecule has 5 heteroatoms. The van der Waals surface area contributed by atoms with Gasteiger partial charge >= 0.3 is 5.97 Å². The summed E-state index contributed by atoms with van der Waals surface area (Å²) in [6.45, 7) is 3.89. The molecule has 1 heterocycles. The number of carbonyl (C=O) groups excluding carboxylic acids is 2. The van der Waals surface area contributed by atoms with E-state index >= 15 is 0 Å². The number of ether oxygens (including phenoxy) is 1. The molecule has 0 N–H and O–H groups in total. The van der Waals surface area contributed by atoms with Crippen molar-refractivity contribution in [3.05, 3.63) is 29.8 Å². The highest BCUT2D eigenvalue weighted by atomic mass is 32.2. The van der Waals surface area contributed by atoms with Crippen molar-refractivity contribution in [1.82, 2.24) is 0 Å². The Morgan fingerprint density at radius 1 is 1.43 bits per heavy atom. The van der Waals surface area contributed by atoms with Crippen molar-refractivity contribution < 1.29 is 14.3 Å². The number of methoxy groups -OCH3 is 1. The maximum atomic E-state index is 12.4. The van der Waals surface area contributed by atoms with Crippen molar-refractivity contribution in [3.8, 4) is 0 Å². The molecule has 4 nitrogen and oxygen atoms in total. The first-order valence-electron chi connectivity index (χ1n) is 7.10. The average Bonchev–Trinajstić information content (AvgIpc) is 2.81. The third-order valence-electron chi connectivity index (χ3n) is 3.67. The summed E-state index contributed by atoms with van der Waals surface area (Å²) >= 11 is 1.48. The van der Waals surface area contributed by atoms with E-state index in [1.807, 2.05) is 30.0 Å². The van der Waals surface area contributed by atoms with Gasteiger partial charge in [-0.25, -0.2) is 0 Å². The summed E-state index contributed by atoms with van der Waals surface area (Å²) < 4.78 is 4.69. The minimum Gasteiger partial charge on any atom is -0.469 e. The van der Waals surface area contributed by atoms with Crippen LogP contribution in [0.2, 0.25) is 0 Å². The molecule has 114 valence electrons. The molecule has 2 unspecified atom stereocenters. The zero-order valence-electron chi connectivity index (χ0n) is 12.7. The Hall–Kier alpha value is -1.49. The Kier molecular flexibility index (Phi) is 5.28. The van der Waals surface area contributed by atoms with Crippen LogP contribution in [0.1, 0.15) is 19.4 Å². The van der Waals surface area contributed by atoms with Crippen molar-refractivity contribution in [2.45, 2.75) is 26.3 Å². The lowest BCUT2D eigenvalue weighted by molar-refractivity contribution is -0.144. The van der Waals surface area contributed by atoms with Crippen LogP contribution in [0.4, 0.5) is 5.69 Å². The van der Waals surface area contributed by atoms with E-state index < -0.39 is 0 Å². The van der Waals surface area contributed by atoms with Crippen molar-refractivity contribution >= 4 is 29.3 Å². The number of hydrogen-bond donors (Lipinski definition) is 0. The number of thioether (sulfide) groups is 1. The van der Waals surface area contributed by atoms with Gasteiger partial charge in [-0.2, -0.15) is 11.8 Å². The number of esters is 1. The van der Waals surface area contributed by atoms with E-state index in [9.17, 15) is 9.59 Å². The zero-order valence-corrected chi connectivity index (χ0v) is 13.5. The minimum atomic E-state index is -0.227. The Bertz CT molecular complexity index is 532. The molecule has 2 rings (SSSR count). The smallest absolute Gasteiger partial charge is 0.309 e. The third-order valence-corrected chi connectivity index (χ3v) is 4.86. The number of hydrogen-bond acceptors (Lipinski definition) is 4. The van der Waals surface area contributed by atoms with Crippen LogP contribution in [0.3, 0.4) is 0 Å². The van der Waals surface area contributed by atoms with Crippen LogP contribution in [0.15, 0.2) is 24.3 Å². The molecule has 0 radical (unpaired) electrons. The predicted molar refractivity (Wildman–Crippen MR) is 85.6 cm³/mol. The first-order valence-corrected chi connectivity index (χ1v) is 8.25. The second-order valence-corrected chi connectivity index (χ2v) is 6.42. The number of nitrogens with zero attached hydrogens (tertiary/aromatic N) is 1. The zero-order chi connectivity index (χ0) is 15.4. The normalized spacial score (nSPS) is 18.2. The van der Waals surface area contributed by atoms with Crippen LogP contribution in [-0.4, -0.2) is 36.5 Å². The summed E-state index contributed by atoms with van der Waals surface area (Å²) in [4.78, 5) is 25.6. The van der Waals surface area contributed by atoms with Crippen molar-refractivity contribution in [1.29, 1.82) is 0 Å². The topological polar surface area (TPSA) is 46.6 Å². The maximum absolute atomic E-state index is 12.4. The number of benzene rings is 1. The van der Waals surface area contributed by atoms with Gasteiger partial charge in [0.1, 0.15) is 0 Å². The van der Waals surface area contributed by atoms with E-state index in [0.717, 1.165) is 12.1 Å². The lowest BCUT2D eigenvalue weighted by atomic mass is 10.1. The lowest BCUT2D eigenvalue weighted by Gasteiger charge is -2.22. The molecule has 1 aliphatic heterocycles. The van der Waals surface area contributed by atoms with E-state index in [0.29, 0.717) is 11.5 Å². The molecule has 0 saturated carbocycles. The molecule has 1 amide bonds. The highest BCUT2D eigenvalue weighted by molar-refractivity contribution is 8.00. The summed E-state index contributed by atoms with van der Waals surface area (Å²) in [5.74, 6) is 0.683. The Morgan fingerprint density at radius 2 is 2.14 bits per heavy atom. The highest BCUT2D eigenvalue weighted by Gasteiger charge is 2.30. The SMILES string of the molecule is COC(=O)C(C)CSCC(=O)N1c2ccccc2CC1C. The molecular weight excluding hydrogens is 286 g/mol. The van der Waals surface area contributed by atoms with Gasteiger partial charge < -0.3 is 9.64 Å². The van der Waals surface area contributed by atoms with E-state index in [4.69, 9.17) is 0 Å². The van der Waals surface area contributed by atoms with Crippen LogP contribution < -0.4 is 4.90 Å². The number of anilines is 1. The monoisotopic (exact) mass is 307 g/mol. The lowest BCUT2D eigenvalue weighted by Crippen LogP contribution is -2.37. The molecule has 1 aliphatic rings. The van der Waals surface area contributed by atoms with Gasteiger partial charge in [0.15, 0.2) is 0 Å². The molecule has 0 aromatic heterocycles. The summed E-state index contributed by atoms with van der Waals surface area (Å²) in [6.07, 6.45) is 0.908. The van der Waals surface area contributed by atoms with Gasteiger partial charge in [-0.3, -0.25) is 9.59 Å². The van der Waals surface area contributed by atoms with Gasteiger partial charge in [-0.15, -0.1) is 0 Å². The van der Waals surface area contributed by atoms with Crippen LogP contribution in [0.25, 0.3) is 0 Å². The molecule has 1 aromatic rings. The van der Waals surface area contributed by atoms with E-state index in [1.165, 1.54) is 24.4 Å². The van der Waals surface area contributed by atoms with Gasteiger partial charge in [0, 0.05) is 17.5 Å². The van der Waals surface area contributed by atoms with Gasteiger partial charge in [-0.05, 0) is 25.0 Å². The van der Waals surface area contributed by atoms with Crippen LogP contribution in [0.5, 0.6) is 0 Å². The number of amides is 1. The molecule has 2 atom stereocenters. The fourth-order valence-corrected chi connectivity index (χ4v) is 3.53. The van der Waals surface area contributed by atoms with Crippen LogP contribution in [-0.2, 0) is 20.7 Å². The fraction of sp³-hybridized carbons (Fsp3) is 0.500. The Labute approximate surface area is 129 Å². The molecule has 0 saturated heterocycles. The summed E-state index contributed by atoms with van der Waals surface area (Å²) in [7, 11) is 1.39. The van der Waals surface area contributed by atoms with Gasteiger partial charge in [0.2, 0.25) is 5.91 Å². The molecule has 0 fully saturated rings.